The van der Waals surface area contributed by atoms with E-state index in [4.69, 9.17) is 19.9 Å². The Bertz CT molecular complexity index is 1150. The predicted molar refractivity (Wildman–Crippen MR) is 103 cm³/mol. The van der Waals surface area contributed by atoms with Gasteiger partial charge in [-0.15, -0.1) is 5.10 Å². The molecule has 8 heteroatoms. The van der Waals surface area contributed by atoms with Crippen LogP contribution >= 0.6 is 0 Å². The Hall–Kier alpha value is -3.99. The van der Waals surface area contributed by atoms with Crippen LogP contribution in [0.5, 0.6) is 17.4 Å². The lowest BCUT2D eigenvalue weighted by Gasteiger charge is -2.24. The van der Waals surface area contributed by atoms with Gasteiger partial charge in [-0.05, 0) is 35.9 Å². The van der Waals surface area contributed by atoms with Gasteiger partial charge >= 0.3 is 0 Å². The third kappa shape index (κ3) is 3.02. The SMILES string of the molecule is COc1ccc(-c2[nH]nc3c2[C@@H](c2ccc(F)cc2)C(C#N)=C(N)O3)cc1OC. The number of H-pyrrole nitrogens is 1. The predicted octanol–water partition coefficient (Wildman–Crippen LogP) is 3.45. The molecule has 0 aliphatic carbocycles. The zero-order valence-corrected chi connectivity index (χ0v) is 15.7. The van der Waals surface area contributed by atoms with Gasteiger partial charge in [0.15, 0.2) is 11.5 Å². The third-order valence-electron chi connectivity index (χ3n) is 4.81. The second-order valence-corrected chi connectivity index (χ2v) is 6.36. The molecule has 29 heavy (non-hydrogen) atoms. The summed E-state index contributed by atoms with van der Waals surface area (Å²) in [4.78, 5) is 0. The number of rotatable bonds is 4. The molecule has 7 nitrogen and oxygen atoms in total. The molecule has 3 N–H and O–H groups in total. The van der Waals surface area contributed by atoms with E-state index in [0.717, 1.165) is 5.56 Å². The minimum atomic E-state index is -0.564. The number of methoxy groups -OCH3 is 2. The van der Waals surface area contributed by atoms with Gasteiger partial charge < -0.3 is 19.9 Å². The van der Waals surface area contributed by atoms with Crippen molar-refractivity contribution >= 4 is 0 Å². The molecule has 0 unspecified atom stereocenters. The van der Waals surface area contributed by atoms with Crippen LogP contribution in [-0.4, -0.2) is 24.4 Å². The topological polar surface area (TPSA) is 106 Å². The number of halogens is 1. The number of ether oxygens (including phenoxy) is 3. The molecular formula is C21H17FN4O3. The van der Waals surface area contributed by atoms with Crippen LogP contribution in [0.15, 0.2) is 53.9 Å². The molecule has 2 aromatic carbocycles. The molecular weight excluding hydrogens is 375 g/mol. The van der Waals surface area contributed by atoms with Crippen LogP contribution in [0.1, 0.15) is 17.0 Å². The number of benzene rings is 2. The van der Waals surface area contributed by atoms with Gasteiger partial charge in [0.1, 0.15) is 17.5 Å². The van der Waals surface area contributed by atoms with Crippen molar-refractivity contribution in [3.8, 4) is 34.7 Å². The van der Waals surface area contributed by atoms with Gasteiger partial charge in [-0.25, -0.2) is 4.39 Å². The molecule has 0 saturated carbocycles. The fourth-order valence-corrected chi connectivity index (χ4v) is 3.45. The molecule has 3 aromatic rings. The first-order chi connectivity index (χ1) is 14.1. The number of nitrogens with one attached hydrogen (secondary N) is 1. The van der Waals surface area contributed by atoms with Gasteiger partial charge in [-0.3, -0.25) is 5.10 Å². The lowest BCUT2D eigenvalue weighted by Crippen LogP contribution is -2.21. The highest BCUT2D eigenvalue weighted by molar-refractivity contribution is 5.72. The summed E-state index contributed by atoms with van der Waals surface area (Å²) in [5.41, 5.74) is 8.91. The number of nitrogens with two attached hydrogens (primary N) is 1. The van der Waals surface area contributed by atoms with Crippen LogP contribution in [0.4, 0.5) is 4.39 Å². The maximum Gasteiger partial charge on any atom is 0.244 e. The molecule has 1 atom stereocenters. The summed E-state index contributed by atoms with van der Waals surface area (Å²) >= 11 is 0. The van der Waals surface area contributed by atoms with Crippen molar-refractivity contribution in [2.75, 3.05) is 14.2 Å². The van der Waals surface area contributed by atoms with Crippen LogP contribution in [0.25, 0.3) is 11.3 Å². The molecule has 146 valence electrons. The van der Waals surface area contributed by atoms with Crippen LogP contribution in [0.3, 0.4) is 0 Å². The Balaban J connectivity index is 1.92. The first-order valence-electron chi connectivity index (χ1n) is 8.71. The largest absolute Gasteiger partial charge is 0.493 e. The summed E-state index contributed by atoms with van der Waals surface area (Å²) in [6.45, 7) is 0. The number of fused-ring (bicyclic) bond motifs is 1. The van der Waals surface area contributed by atoms with E-state index in [1.165, 1.54) is 12.1 Å². The van der Waals surface area contributed by atoms with E-state index in [-0.39, 0.29) is 23.2 Å². The molecule has 4 rings (SSSR count). The minimum Gasteiger partial charge on any atom is -0.493 e. The Morgan fingerprint density at radius 1 is 1.14 bits per heavy atom. The third-order valence-corrected chi connectivity index (χ3v) is 4.81. The lowest BCUT2D eigenvalue weighted by atomic mass is 9.83. The number of aromatic amines is 1. The molecule has 1 aliphatic heterocycles. The zero-order valence-electron chi connectivity index (χ0n) is 15.7. The second-order valence-electron chi connectivity index (χ2n) is 6.36. The van der Waals surface area contributed by atoms with Gasteiger partial charge in [0.25, 0.3) is 0 Å². The maximum absolute atomic E-state index is 13.5. The number of aromatic nitrogens is 2. The summed E-state index contributed by atoms with van der Waals surface area (Å²) in [6, 6.07) is 13.4. The highest BCUT2D eigenvalue weighted by Gasteiger charge is 2.35. The summed E-state index contributed by atoms with van der Waals surface area (Å²) in [5.74, 6) is 0.423. The molecule has 0 spiro atoms. The van der Waals surface area contributed by atoms with Crippen molar-refractivity contribution in [1.29, 1.82) is 5.26 Å². The van der Waals surface area contributed by atoms with E-state index in [2.05, 4.69) is 16.3 Å². The smallest absolute Gasteiger partial charge is 0.244 e. The van der Waals surface area contributed by atoms with E-state index in [1.54, 1.807) is 38.5 Å². The number of hydrogen-bond donors (Lipinski definition) is 2. The van der Waals surface area contributed by atoms with E-state index in [9.17, 15) is 9.65 Å². The Labute approximate surface area is 166 Å². The quantitative estimate of drug-likeness (QED) is 0.704. The maximum atomic E-state index is 13.5. The van der Waals surface area contributed by atoms with E-state index >= 15 is 0 Å². The Morgan fingerprint density at radius 3 is 2.52 bits per heavy atom. The fourth-order valence-electron chi connectivity index (χ4n) is 3.45. The average molecular weight is 392 g/mol. The normalized spacial score (nSPS) is 15.3. The molecule has 2 heterocycles. The number of nitriles is 1. The lowest BCUT2D eigenvalue weighted by molar-refractivity contribution is 0.355. The first kappa shape index (κ1) is 18.4. The van der Waals surface area contributed by atoms with Crippen molar-refractivity contribution in [3.05, 3.63) is 70.9 Å². The monoisotopic (exact) mass is 392 g/mol. The van der Waals surface area contributed by atoms with E-state index < -0.39 is 5.92 Å². The summed E-state index contributed by atoms with van der Waals surface area (Å²) in [5, 5.41) is 16.9. The average Bonchev–Trinajstić information content (AvgIpc) is 3.16. The number of nitrogens with zero attached hydrogens (tertiary/aromatic N) is 2. The summed E-state index contributed by atoms with van der Waals surface area (Å²) in [6.07, 6.45) is 0. The van der Waals surface area contributed by atoms with E-state index in [1.807, 2.05) is 6.07 Å². The van der Waals surface area contributed by atoms with Gasteiger partial charge in [-0.1, -0.05) is 12.1 Å². The van der Waals surface area contributed by atoms with Gasteiger partial charge in [0, 0.05) is 5.56 Å². The number of allylic oxidation sites excluding steroid dienone is 1. The van der Waals surface area contributed by atoms with Crippen LogP contribution in [-0.2, 0) is 0 Å². The fraction of sp³-hybridized carbons (Fsp3) is 0.143. The summed E-state index contributed by atoms with van der Waals surface area (Å²) in [7, 11) is 3.10. The zero-order chi connectivity index (χ0) is 20.5. The molecule has 0 bridgehead atoms. The Kier molecular flexibility index (Phi) is 4.56. The second kappa shape index (κ2) is 7.20. The van der Waals surface area contributed by atoms with E-state index in [0.29, 0.717) is 28.3 Å². The molecule has 0 amide bonds. The Morgan fingerprint density at radius 2 is 1.86 bits per heavy atom. The van der Waals surface area contributed by atoms with Crippen LogP contribution < -0.4 is 19.9 Å². The van der Waals surface area contributed by atoms with Crippen molar-refractivity contribution < 1.29 is 18.6 Å². The van der Waals surface area contributed by atoms with Crippen LogP contribution in [0.2, 0.25) is 0 Å². The van der Waals surface area contributed by atoms with Gasteiger partial charge in [-0.2, -0.15) is 5.26 Å². The highest BCUT2D eigenvalue weighted by Crippen LogP contribution is 2.46. The van der Waals surface area contributed by atoms with Crippen molar-refractivity contribution in [2.24, 2.45) is 5.73 Å². The molecule has 0 radical (unpaired) electrons. The molecule has 0 saturated heterocycles. The standard InChI is InChI=1S/C21H17FN4O3/c1-27-15-8-5-12(9-16(15)28-2)19-18-17(11-3-6-13(22)7-4-11)14(10-23)20(24)29-21(18)26-25-19/h3-9,17H,24H2,1-2H3,(H,25,26)/t17-/m0/s1. The highest BCUT2D eigenvalue weighted by atomic mass is 19.1. The molecule has 1 aliphatic rings. The minimum absolute atomic E-state index is 0.0281. The first-order valence-corrected chi connectivity index (χ1v) is 8.71. The molecule has 0 fully saturated rings. The van der Waals surface area contributed by atoms with Crippen molar-refractivity contribution in [2.45, 2.75) is 5.92 Å². The van der Waals surface area contributed by atoms with Gasteiger partial charge in [0.2, 0.25) is 11.8 Å². The summed E-state index contributed by atoms with van der Waals surface area (Å²) < 4.78 is 29.7. The van der Waals surface area contributed by atoms with Crippen molar-refractivity contribution in [3.63, 3.8) is 0 Å². The van der Waals surface area contributed by atoms with Crippen LogP contribution in [0, 0.1) is 17.1 Å². The van der Waals surface area contributed by atoms with Crippen molar-refractivity contribution in [1.82, 2.24) is 10.2 Å². The number of hydrogen-bond acceptors (Lipinski definition) is 6. The molecule has 1 aromatic heterocycles. The van der Waals surface area contributed by atoms with Gasteiger partial charge in [0.05, 0.1) is 31.4 Å².